The van der Waals surface area contributed by atoms with Crippen LogP contribution in [0.1, 0.15) is 300 Å². The maximum Gasteiger partial charge on any atom is 0.126 e. The fourth-order valence-corrected chi connectivity index (χ4v) is 27.8. The molecule has 0 amide bonds. The zero-order valence-corrected chi connectivity index (χ0v) is 80.8. The van der Waals surface area contributed by atoms with Crippen molar-refractivity contribution in [3.63, 3.8) is 0 Å². The molecule has 16 heteroatoms. The molecule has 0 saturated carbocycles. The van der Waals surface area contributed by atoms with Crippen molar-refractivity contribution in [3.8, 4) is 46.0 Å². The number of ether oxygens (including phenoxy) is 4. The van der Waals surface area contributed by atoms with Crippen LogP contribution in [0.3, 0.4) is 0 Å². The van der Waals surface area contributed by atoms with Crippen molar-refractivity contribution in [1.29, 1.82) is 0 Å². The quantitative estimate of drug-likeness (QED) is 0.115. The molecule has 628 valence electrons. The lowest BCUT2D eigenvalue weighted by molar-refractivity contribution is 0.336. The van der Waals surface area contributed by atoms with Crippen LogP contribution < -0.4 is 18.9 Å². The number of rotatable bonds is 0. The van der Waals surface area contributed by atoms with Crippen molar-refractivity contribution < 1.29 is 39.4 Å². The Bertz CT molecular complexity index is 4520. The van der Waals surface area contributed by atoms with Crippen LogP contribution in [0, 0.1) is 0 Å². The normalized spacial score (nSPS) is 17.2. The van der Waals surface area contributed by atoms with E-state index < -0.39 is 0 Å². The molecule has 6 aliphatic heterocycles. The Morgan fingerprint density at radius 1 is 0.195 bits per heavy atom. The predicted octanol–water partition coefficient (Wildman–Crippen LogP) is 27.8. The second kappa shape index (κ2) is 33.7. The average Bonchev–Trinajstić information content (AvgIpc) is 0.845. The van der Waals surface area contributed by atoms with Crippen molar-refractivity contribution >= 4 is 94.1 Å². The standard InChI is InChI=1S/C102H124O8S8/c1-95(2,3)73-41-57-33-65-49-77(99(13,14)15)51-67-35-59-43-74(96(4,5)6)44-60(82(59)104)36-68-52-78(100(16,17)18)50-66(34-58(42-73)81(57)103)86(68)108-26-30-112-90-89(111-29-25-107-85(65)67)115-93(116-90)94-117-91-92(118-94)114-32-28-110-88-70-38-62-46-75(97(7,8)9)45-61(83(62)105)37-69-53-79(101(19,20)21)55-71(87(69)109-27-31-113-91)39-63-47-76(98(10,11)12)48-64(84(63)106)40-72(88)56-80(54-70)102(22,23)24/h41-56,103-106H,25-40H2,1-24H3. The van der Waals surface area contributed by atoms with Gasteiger partial charge in [-0.15, -0.1) is 47.0 Å². The number of benzene rings is 8. The monoisotopic (exact) mass is 1730 g/mol. The Morgan fingerprint density at radius 3 is 0.449 bits per heavy atom. The Balaban J connectivity index is 0.853. The maximum atomic E-state index is 13.0. The first-order valence-corrected chi connectivity index (χ1v) is 49.3. The number of phenols is 4. The third kappa shape index (κ3) is 19.7. The van der Waals surface area contributed by atoms with Crippen molar-refractivity contribution in [2.24, 2.45) is 0 Å². The summed E-state index contributed by atoms with van der Waals surface area (Å²) >= 11 is 15.0. The minimum Gasteiger partial charge on any atom is -0.507 e. The molecule has 8 aromatic rings. The first kappa shape index (κ1) is 88.5. The SMILES string of the molecule is CC(C)(C)c1cc2c(O)c(c1)Cc1cc(C(C)(C)C)cc3c1OCCSC1=C(SCCOc4c(cc(C(C)(C)C)cc4Cc4cc(C(C)(C)C)cc(c4O)C3)C2)SC(=C2SC3=C(SCCOc4c5cc(C(C)(C)C)cc4Cc4cc(C(C)(C)C)cc(c4O)Cc4cc(C(C)(C)C)cc(c4OCCS3)Cc3cc(C(C)(C)C)cc(c3O)C5)S2)S1. The van der Waals surface area contributed by atoms with E-state index in [2.05, 4.69) is 263 Å². The smallest absolute Gasteiger partial charge is 0.126 e. The van der Waals surface area contributed by atoms with Crippen molar-refractivity contribution in [2.45, 2.75) is 261 Å². The van der Waals surface area contributed by atoms with E-state index in [-0.39, 0.29) is 43.3 Å². The van der Waals surface area contributed by atoms with Crippen LogP contribution in [0.2, 0.25) is 0 Å². The van der Waals surface area contributed by atoms with Gasteiger partial charge in [0, 0.05) is 74.4 Å². The van der Waals surface area contributed by atoms with E-state index in [9.17, 15) is 20.4 Å². The largest absolute Gasteiger partial charge is 0.507 e. The van der Waals surface area contributed by atoms with E-state index in [1.165, 1.54) is 47.7 Å². The number of phenolic OH excluding ortho intramolecular Hbond substituents is 4. The molecule has 0 fully saturated rings. The molecule has 6 heterocycles. The van der Waals surface area contributed by atoms with Crippen LogP contribution in [0.15, 0.2) is 122 Å². The lowest BCUT2D eigenvalue weighted by atomic mass is 9.79. The molecule has 4 N–H and O–H groups in total. The van der Waals surface area contributed by atoms with E-state index in [1.54, 1.807) is 0 Å². The highest BCUT2D eigenvalue weighted by Gasteiger charge is 2.36. The van der Waals surface area contributed by atoms with Gasteiger partial charge in [0.25, 0.3) is 0 Å². The highest BCUT2D eigenvalue weighted by atomic mass is 32.3. The molecule has 8 aliphatic rings. The fraction of sp³-hybridized carbons (Fsp3) is 0.471. The summed E-state index contributed by atoms with van der Waals surface area (Å²) < 4.78 is 37.2. The summed E-state index contributed by atoms with van der Waals surface area (Å²) in [6.07, 6.45) is 3.54. The molecular weight excluding hydrogens is 1610 g/mol. The zero-order chi connectivity index (χ0) is 85.1. The summed E-state index contributed by atoms with van der Waals surface area (Å²) in [5, 5.41) is 52.0. The highest BCUT2D eigenvalue weighted by Crippen LogP contribution is 2.66. The summed E-state index contributed by atoms with van der Waals surface area (Å²) in [6.45, 7) is 56.1. The average molecular weight is 1730 g/mol. The Morgan fingerprint density at radius 2 is 0.322 bits per heavy atom. The number of thioether (sulfide) groups is 8. The van der Waals surface area contributed by atoms with Gasteiger partial charge in [0.15, 0.2) is 0 Å². The van der Waals surface area contributed by atoms with E-state index >= 15 is 0 Å². The van der Waals surface area contributed by atoms with E-state index in [1.807, 2.05) is 94.1 Å². The van der Waals surface area contributed by atoms with Crippen LogP contribution in [0.5, 0.6) is 46.0 Å². The second-order valence-corrected chi connectivity index (χ2v) is 51.5. The van der Waals surface area contributed by atoms with Gasteiger partial charge in [0.1, 0.15) is 46.0 Å². The van der Waals surface area contributed by atoms with Crippen LogP contribution in [0.25, 0.3) is 0 Å². The number of hydrogen-bond acceptors (Lipinski definition) is 16. The molecule has 0 radical (unpaired) electrons. The van der Waals surface area contributed by atoms with Gasteiger partial charge in [0.2, 0.25) is 0 Å². The molecule has 8 aromatic carbocycles. The Labute approximate surface area is 739 Å². The summed E-state index contributed by atoms with van der Waals surface area (Å²) in [5.41, 5.74) is 22.5. The first-order chi connectivity index (χ1) is 55.1. The molecule has 2 aliphatic carbocycles. The molecule has 20 bridgehead atoms. The van der Waals surface area contributed by atoms with Gasteiger partial charge in [-0.2, -0.15) is 0 Å². The van der Waals surface area contributed by atoms with Crippen molar-refractivity contribution in [2.75, 3.05) is 49.4 Å². The van der Waals surface area contributed by atoms with E-state index in [4.69, 9.17) is 18.9 Å². The zero-order valence-electron chi connectivity index (χ0n) is 74.2. The summed E-state index contributed by atoms with van der Waals surface area (Å²) in [7, 11) is 0. The van der Waals surface area contributed by atoms with Crippen LogP contribution >= 0.6 is 94.1 Å². The van der Waals surface area contributed by atoms with Crippen LogP contribution in [-0.2, 0) is 94.7 Å². The van der Waals surface area contributed by atoms with Gasteiger partial charge in [0.05, 0.1) is 51.9 Å². The second-order valence-electron chi connectivity index (χ2n) is 41.4. The Kier molecular flexibility index (Phi) is 25.3. The number of fused-ring (bicyclic) bond motifs is 12. The highest BCUT2D eigenvalue weighted by molar-refractivity contribution is 8.45. The van der Waals surface area contributed by atoms with Crippen LogP contribution in [0.4, 0.5) is 0 Å². The van der Waals surface area contributed by atoms with E-state index in [0.29, 0.717) is 124 Å². The van der Waals surface area contributed by atoms with Crippen molar-refractivity contribution in [1.82, 2.24) is 0 Å². The van der Waals surface area contributed by atoms with Gasteiger partial charge in [-0.05, 0) is 177 Å². The van der Waals surface area contributed by atoms with Gasteiger partial charge in [-0.25, -0.2) is 0 Å². The molecule has 8 nitrogen and oxygen atoms in total. The molecule has 0 unspecified atom stereocenters. The van der Waals surface area contributed by atoms with Gasteiger partial charge >= 0.3 is 0 Å². The topological polar surface area (TPSA) is 118 Å². The minimum absolute atomic E-state index is 0.221. The lowest BCUT2D eigenvalue weighted by Gasteiger charge is -2.28. The summed E-state index contributed by atoms with van der Waals surface area (Å²) in [6, 6.07) is 36.4. The van der Waals surface area contributed by atoms with Gasteiger partial charge < -0.3 is 39.4 Å². The summed E-state index contributed by atoms with van der Waals surface area (Å²) in [4.78, 5) is 0. The molecular formula is C102H124O8S8. The molecule has 0 spiro atoms. The molecule has 0 saturated heterocycles. The molecule has 0 aromatic heterocycles. The molecule has 16 rings (SSSR count). The lowest BCUT2D eigenvalue weighted by Crippen LogP contribution is -2.17. The van der Waals surface area contributed by atoms with Gasteiger partial charge in [-0.3, -0.25) is 0 Å². The van der Waals surface area contributed by atoms with Crippen LogP contribution in [-0.4, -0.2) is 69.9 Å². The molecule has 118 heavy (non-hydrogen) atoms. The predicted molar refractivity (Wildman–Crippen MR) is 513 cm³/mol. The van der Waals surface area contributed by atoms with Gasteiger partial charge in [-0.1, -0.05) is 310 Å². The Hall–Kier alpha value is -5.82. The van der Waals surface area contributed by atoms with E-state index in [0.717, 1.165) is 134 Å². The number of aromatic hydroxyl groups is 4. The van der Waals surface area contributed by atoms with Crippen molar-refractivity contribution in [3.05, 3.63) is 256 Å². The minimum atomic E-state index is -0.234. The summed E-state index contributed by atoms with van der Waals surface area (Å²) in [5.74, 6) is 7.20. The fourth-order valence-electron chi connectivity index (χ4n) is 16.2. The maximum absolute atomic E-state index is 13.0. The molecule has 0 atom stereocenters. The third-order valence-electron chi connectivity index (χ3n) is 23.5. The first-order valence-electron chi connectivity index (χ1n) is 42.1. The third-order valence-corrected chi connectivity index (χ3v) is 34.9. The number of hydrogen-bond donors (Lipinski definition) is 4.